The number of Topliss-reactive ketones (excluding diaryl/α,β-unsaturated/α-hetero) is 1. The van der Waals surface area contributed by atoms with Crippen LogP contribution in [0, 0.1) is 6.92 Å². The van der Waals surface area contributed by atoms with Gasteiger partial charge in [0.2, 0.25) is 0 Å². The Labute approximate surface area is 168 Å². The monoisotopic (exact) mass is 390 g/mol. The van der Waals surface area contributed by atoms with E-state index in [1.54, 1.807) is 24.3 Å². The maximum atomic E-state index is 12.8. The van der Waals surface area contributed by atoms with Crippen molar-refractivity contribution in [3.8, 4) is 5.75 Å². The Hall–Kier alpha value is -3.11. The number of nitrogens with zero attached hydrogens (tertiary/aromatic N) is 2. The van der Waals surface area contributed by atoms with Gasteiger partial charge in [-0.2, -0.15) is 0 Å². The van der Waals surface area contributed by atoms with Gasteiger partial charge in [-0.3, -0.25) is 4.79 Å². The van der Waals surface area contributed by atoms with Crippen LogP contribution in [-0.2, 0) is 13.2 Å². The van der Waals surface area contributed by atoms with Gasteiger partial charge in [0, 0.05) is 10.6 Å². The Morgan fingerprint density at radius 1 is 1.00 bits per heavy atom. The number of fused-ring (bicyclic) bond motifs is 1. The highest BCUT2D eigenvalue weighted by Crippen LogP contribution is 2.20. The summed E-state index contributed by atoms with van der Waals surface area (Å²) in [7, 11) is 0. The fourth-order valence-electron chi connectivity index (χ4n) is 3.07. The zero-order chi connectivity index (χ0) is 19.5. The molecule has 0 bridgehead atoms. The first kappa shape index (κ1) is 18.3. The van der Waals surface area contributed by atoms with Gasteiger partial charge in [0.25, 0.3) is 0 Å². The minimum Gasteiger partial charge on any atom is -0.486 e. The molecule has 5 heteroatoms. The van der Waals surface area contributed by atoms with Crippen LogP contribution in [0.25, 0.3) is 11.0 Å². The third-order valence-corrected chi connectivity index (χ3v) is 4.84. The average molecular weight is 391 g/mol. The fraction of sp³-hybridized carbons (Fsp3) is 0.130. The van der Waals surface area contributed by atoms with E-state index in [1.807, 2.05) is 60.0 Å². The SMILES string of the molecule is Cc1ccc(OCc2nc3ccccc3n2CC(=O)c2ccc(Cl)cc2)cc1. The lowest BCUT2D eigenvalue weighted by molar-refractivity contribution is 0.0971. The predicted octanol–water partition coefficient (Wildman–Crippen LogP) is 5.46. The number of rotatable bonds is 6. The smallest absolute Gasteiger partial charge is 0.182 e. The Bertz CT molecular complexity index is 1120. The number of halogens is 1. The van der Waals surface area contributed by atoms with E-state index in [0.717, 1.165) is 16.8 Å². The molecule has 0 saturated heterocycles. The molecule has 0 amide bonds. The number of hydrogen-bond acceptors (Lipinski definition) is 3. The summed E-state index contributed by atoms with van der Waals surface area (Å²) < 4.78 is 7.83. The molecule has 3 aromatic carbocycles. The normalized spacial score (nSPS) is 10.9. The number of carbonyl (C=O) groups is 1. The highest BCUT2D eigenvalue weighted by Gasteiger charge is 2.15. The maximum absolute atomic E-state index is 12.8. The summed E-state index contributed by atoms with van der Waals surface area (Å²) in [5.74, 6) is 1.48. The second-order valence-corrected chi connectivity index (χ2v) is 7.07. The lowest BCUT2D eigenvalue weighted by Crippen LogP contribution is -2.14. The molecule has 0 unspecified atom stereocenters. The van der Waals surface area contributed by atoms with E-state index in [0.29, 0.717) is 16.4 Å². The first-order valence-electron chi connectivity index (χ1n) is 9.02. The lowest BCUT2D eigenvalue weighted by Gasteiger charge is -2.10. The van der Waals surface area contributed by atoms with Gasteiger partial charge in [0.05, 0.1) is 17.6 Å². The molecule has 0 radical (unpaired) electrons. The largest absolute Gasteiger partial charge is 0.486 e. The Morgan fingerprint density at radius 2 is 1.71 bits per heavy atom. The summed E-state index contributed by atoms with van der Waals surface area (Å²) in [5, 5.41) is 0.608. The predicted molar refractivity (Wildman–Crippen MR) is 111 cm³/mol. The number of aromatic nitrogens is 2. The summed E-state index contributed by atoms with van der Waals surface area (Å²) in [6.07, 6.45) is 0. The third kappa shape index (κ3) is 3.92. The number of imidazole rings is 1. The topological polar surface area (TPSA) is 44.1 Å². The van der Waals surface area contributed by atoms with E-state index in [1.165, 1.54) is 5.56 Å². The number of carbonyl (C=O) groups excluding carboxylic acids is 1. The molecule has 4 nitrogen and oxygen atoms in total. The molecule has 0 aliphatic carbocycles. The van der Waals surface area contributed by atoms with Crippen LogP contribution in [0.1, 0.15) is 21.7 Å². The van der Waals surface area contributed by atoms with Gasteiger partial charge in [-0.15, -0.1) is 0 Å². The van der Waals surface area contributed by atoms with E-state index in [9.17, 15) is 4.79 Å². The molecule has 0 saturated carbocycles. The van der Waals surface area contributed by atoms with Gasteiger partial charge in [0.15, 0.2) is 5.78 Å². The molecule has 1 aromatic heterocycles. The molecule has 140 valence electrons. The number of ketones is 1. The first-order chi connectivity index (χ1) is 13.6. The number of hydrogen-bond donors (Lipinski definition) is 0. The van der Waals surface area contributed by atoms with Crippen molar-refractivity contribution < 1.29 is 9.53 Å². The quantitative estimate of drug-likeness (QED) is 0.410. The highest BCUT2D eigenvalue weighted by atomic mass is 35.5. The van der Waals surface area contributed by atoms with Gasteiger partial charge in [-0.25, -0.2) is 4.98 Å². The zero-order valence-electron chi connectivity index (χ0n) is 15.4. The standard InChI is InChI=1S/C23H19ClN2O2/c1-16-6-12-19(13-7-16)28-15-23-25-20-4-2-3-5-21(20)26(23)14-22(27)17-8-10-18(24)11-9-17/h2-13H,14-15H2,1H3. The van der Waals surface area contributed by atoms with Gasteiger partial charge in [0.1, 0.15) is 18.2 Å². The summed E-state index contributed by atoms with van der Waals surface area (Å²) in [4.78, 5) is 17.5. The molecular weight excluding hydrogens is 372 g/mol. The maximum Gasteiger partial charge on any atom is 0.182 e. The Balaban J connectivity index is 1.62. The molecule has 0 fully saturated rings. The van der Waals surface area contributed by atoms with E-state index < -0.39 is 0 Å². The molecule has 0 aliphatic rings. The second-order valence-electron chi connectivity index (χ2n) is 6.63. The van der Waals surface area contributed by atoms with Crippen LogP contribution < -0.4 is 4.74 Å². The number of ether oxygens (including phenoxy) is 1. The van der Waals surface area contributed by atoms with Crippen molar-refractivity contribution in [3.05, 3.63) is 94.8 Å². The molecule has 1 heterocycles. The van der Waals surface area contributed by atoms with Crippen molar-refractivity contribution in [3.63, 3.8) is 0 Å². The molecule has 4 aromatic rings. The number of aryl methyl sites for hydroxylation is 1. The summed E-state index contributed by atoms with van der Waals surface area (Å²) in [5.41, 5.74) is 3.54. The van der Waals surface area contributed by atoms with Crippen LogP contribution >= 0.6 is 11.6 Å². The Morgan fingerprint density at radius 3 is 2.46 bits per heavy atom. The fourth-order valence-corrected chi connectivity index (χ4v) is 3.19. The molecule has 4 rings (SSSR count). The second kappa shape index (κ2) is 7.87. The summed E-state index contributed by atoms with van der Waals surface area (Å²) in [6.45, 7) is 2.51. The highest BCUT2D eigenvalue weighted by molar-refractivity contribution is 6.30. The molecule has 28 heavy (non-hydrogen) atoms. The van der Waals surface area contributed by atoms with E-state index in [4.69, 9.17) is 16.3 Å². The van der Waals surface area contributed by atoms with Crippen LogP contribution in [0.15, 0.2) is 72.8 Å². The minimum absolute atomic E-state index is 0.00333. The molecule has 0 atom stereocenters. The van der Waals surface area contributed by atoms with E-state index in [2.05, 4.69) is 4.98 Å². The van der Waals surface area contributed by atoms with Crippen molar-refractivity contribution in [2.24, 2.45) is 0 Å². The van der Waals surface area contributed by atoms with Gasteiger partial charge < -0.3 is 9.30 Å². The van der Waals surface area contributed by atoms with Gasteiger partial charge >= 0.3 is 0 Å². The average Bonchev–Trinajstić information content (AvgIpc) is 3.05. The summed E-state index contributed by atoms with van der Waals surface area (Å²) >= 11 is 5.93. The van der Waals surface area contributed by atoms with Crippen molar-refractivity contribution in [1.29, 1.82) is 0 Å². The van der Waals surface area contributed by atoms with E-state index in [-0.39, 0.29) is 18.9 Å². The molecule has 0 aliphatic heterocycles. The Kier molecular flexibility index (Phi) is 5.13. The lowest BCUT2D eigenvalue weighted by atomic mass is 10.1. The van der Waals surface area contributed by atoms with Crippen LogP contribution in [0.5, 0.6) is 5.75 Å². The third-order valence-electron chi connectivity index (χ3n) is 4.59. The molecule has 0 N–H and O–H groups in total. The van der Waals surface area contributed by atoms with Crippen molar-refractivity contribution >= 4 is 28.4 Å². The van der Waals surface area contributed by atoms with Crippen LogP contribution in [-0.4, -0.2) is 15.3 Å². The van der Waals surface area contributed by atoms with Crippen LogP contribution in [0.2, 0.25) is 5.02 Å². The minimum atomic E-state index is -0.00333. The first-order valence-corrected chi connectivity index (χ1v) is 9.40. The van der Waals surface area contributed by atoms with E-state index >= 15 is 0 Å². The van der Waals surface area contributed by atoms with Gasteiger partial charge in [-0.1, -0.05) is 41.4 Å². The van der Waals surface area contributed by atoms with Crippen molar-refractivity contribution in [1.82, 2.24) is 9.55 Å². The molecular formula is C23H19ClN2O2. The molecule has 0 spiro atoms. The van der Waals surface area contributed by atoms with Crippen LogP contribution in [0.4, 0.5) is 0 Å². The zero-order valence-corrected chi connectivity index (χ0v) is 16.2. The number of benzene rings is 3. The van der Waals surface area contributed by atoms with Gasteiger partial charge in [-0.05, 0) is 55.5 Å². The van der Waals surface area contributed by atoms with Crippen LogP contribution in [0.3, 0.4) is 0 Å². The number of para-hydroxylation sites is 2. The van der Waals surface area contributed by atoms with Crippen molar-refractivity contribution in [2.75, 3.05) is 0 Å². The van der Waals surface area contributed by atoms with Crippen molar-refractivity contribution in [2.45, 2.75) is 20.1 Å². The summed E-state index contributed by atoms with van der Waals surface area (Å²) in [6, 6.07) is 22.6.